The molecule has 0 aromatic heterocycles. The monoisotopic (exact) mass is 389 g/mol. The maximum absolute atomic E-state index is 12.3. The maximum atomic E-state index is 12.3. The third-order valence-electron chi connectivity index (χ3n) is 3.66. The molecule has 0 bridgehead atoms. The quantitative estimate of drug-likeness (QED) is 0.701. The van der Waals surface area contributed by atoms with Gasteiger partial charge in [-0.3, -0.25) is 9.59 Å². The van der Waals surface area contributed by atoms with Crippen molar-refractivity contribution in [2.75, 3.05) is 13.7 Å². The molecule has 0 aliphatic carbocycles. The van der Waals surface area contributed by atoms with Gasteiger partial charge in [0.15, 0.2) is 12.4 Å². The van der Waals surface area contributed by atoms with E-state index in [2.05, 4.69) is 15.9 Å². The Morgan fingerprint density at radius 1 is 1.17 bits per heavy atom. The Hall–Kier alpha value is -2.14. The third-order valence-corrected chi connectivity index (χ3v) is 4.43. The van der Waals surface area contributed by atoms with E-state index in [9.17, 15) is 9.59 Å². The Balaban J connectivity index is 2.02. The summed E-state index contributed by atoms with van der Waals surface area (Å²) in [5, 5.41) is 0. The molecule has 0 N–H and O–H groups in total. The number of benzene rings is 2. The fraction of sp³-hybridized carbons (Fsp3) is 0.263. The number of carbonyl (C=O) groups excluding carboxylic acids is 2. The molecule has 2 aromatic rings. The van der Waals surface area contributed by atoms with Gasteiger partial charge >= 0.3 is 0 Å². The Kier molecular flexibility index (Phi) is 6.15. The van der Waals surface area contributed by atoms with Crippen LogP contribution in [0.5, 0.6) is 5.75 Å². The van der Waals surface area contributed by atoms with Gasteiger partial charge < -0.3 is 9.64 Å². The van der Waals surface area contributed by atoms with Crippen molar-refractivity contribution >= 4 is 27.6 Å². The van der Waals surface area contributed by atoms with Gasteiger partial charge in [-0.2, -0.15) is 0 Å². The topological polar surface area (TPSA) is 46.6 Å². The molecule has 0 aliphatic heterocycles. The van der Waals surface area contributed by atoms with E-state index >= 15 is 0 Å². The number of halogens is 1. The first-order valence-corrected chi connectivity index (χ1v) is 8.39. The van der Waals surface area contributed by atoms with Gasteiger partial charge in [0.05, 0.1) is 5.56 Å². The van der Waals surface area contributed by atoms with Crippen LogP contribution in [-0.2, 0) is 11.3 Å². The maximum Gasteiger partial charge on any atom is 0.260 e. The summed E-state index contributed by atoms with van der Waals surface area (Å²) in [7, 11) is 1.73. The van der Waals surface area contributed by atoms with Crippen molar-refractivity contribution in [1.82, 2.24) is 4.90 Å². The lowest BCUT2D eigenvalue weighted by Crippen LogP contribution is -2.31. The summed E-state index contributed by atoms with van der Waals surface area (Å²) in [5.41, 5.74) is 2.49. The Morgan fingerprint density at radius 3 is 2.54 bits per heavy atom. The van der Waals surface area contributed by atoms with Crippen molar-refractivity contribution in [3.8, 4) is 5.75 Å². The van der Waals surface area contributed by atoms with Crippen LogP contribution in [0.25, 0.3) is 0 Å². The molecule has 0 unspecified atom stereocenters. The van der Waals surface area contributed by atoms with Gasteiger partial charge in [-0.15, -0.1) is 0 Å². The van der Waals surface area contributed by atoms with Crippen molar-refractivity contribution in [1.29, 1.82) is 0 Å². The minimum absolute atomic E-state index is 0.0842. The molecule has 5 heteroatoms. The predicted molar refractivity (Wildman–Crippen MR) is 97.3 cm³/mol. The lowest BCUT2D eigenvalue weighted by Gasteiger charge is -2.19. The molecule has 0 heterocycles. The van der Waals surface area contributed by atoms with Crippen LogP contribution < -0.4 is 4.74 Å². The average Bonchev–Trinajstić information content (AvgIpc) is 2.54. The number of hydrogen-bond acceptors (Lipinski definition) is 3. The van der Waals surface area contributed by atoms with E-state index in [1.54, 1.807) is 24.1 Å². The normalized spacial score (nSPS) is 10.3. The van der Waals surface area contributed by atoms with Crippen LogP contribution in [-0.4, -0.2) is 30.2 Å². The van der Waals surface area contributed by atoms with E-state index in [4.69, 9.17) is 4.74 Å². The zero-order valence-corrected chi connectivity index (χ0v) is 15.6. The molecule has 0 aliphatic rings. The summed E-state index contributed by atoms with van der Waals surface area (Å²) in [4.78, 5) is 25.6. The summed E-state index contributed by atoms with van der Waals surface area (Å²) in [6, 6.07) is 13.1. The second kappa shape index (κ2) is 8.11. The largest absolute Gasteiger partial charge is 0.483 e. The predicted octanol–water partition coefficient (Wildman–Crippen LogP) is 4.00. The van der Waals surface area contributed by atoms with Gasteiger partial charge in [-0.1, -0.05) is 40.2 Å². The van der Waals surface area contributed by atoms with E-state index < -0.39 is 0 Å². The minimum Gasteiger partial charge on any atom is -0.483 e. The van der Waals surface area contributed by atoms with Gasteiger partial charge in [-0.25, -0.2) is 0 Å². The number of ketones is 1. The molecular formula is C19H20BrNO3. The lowest BCUT2D eigenvalue weighted by atomic mass is 10.1. The fourth-order valence-electron chi connectivity index (χ4n) is 2.26. The Morgan fingerprint density at radius 2 is 1.88 bits per heavy atom. The highest BCUT2D eigenvalue weighted by Gasteiger charge is 2.14. The number of amides is 1. The molecule has 126 valence electrons. The lowest BCUT2D eigenvalue weighted by molar-refractivity contribution is -0.132. The molecule has 2 aromatic carbocycles. The summed E-state index contributed by atoms with van der Waals surface area (Å²) in [5.74, 6) is 0.214. The van der Waals surface area contributed by atoms with Crippen molar-refractivity contribution in [3.63, 3.8) is 0 Å². The molecule has 0 radical (unpaired) electrons. The molecule has 0 atom stereocenters. The van der Waals surface area contributed by atoms with Crippen LogP contribution in [0.2, 0.25) is 0 Å². The number of carbonyl (C=O) groups is 2. The van der Waals surface area contributed by atoms with Crippen molar-refractivity contribution in [2.45, 2.75) is 20.4 Å². The number of likely N-dealkylation sites (N-methyl/N-ethyl adjacent to an activating group) is 1. The first-order valence-electron chi connectivity index (χ1n) is 7.60. The van der Waals surface area contributed by atoms with E-state index in [0.717, 1.165) is 15.6 Å². The minimum atomic E-state index is -0.151. The zero-order valence-electron chi connectivity index (χ0n) is 14.0. The number of hydrogen-bond donors (Lipinski definition) is 0. The van der Waals surface area contributed by atoms with Crippen LogP contribution in [0.4, 0.5) is 0 Å². The molecular weight excluding hydrogens is 370 g/mol. The van der Waals surface area contributed by atoms with Crippen LogP contribution in [0.15, 0.2) is 46.9 Å². The highest BCUT2D eigenvalue weighted by atomic mass is 79.9. The smallest absolute Gasteiger partial charge is 0.260 e. The Labute approximate surface area is 150 Å². The van der Waals surface area contributed by atoms with Gasteiger partial charge in [0.25, 0.3) is 5.91 Å². The van der Waals surface area contributed by atoms with Gasteiger partial charge in [0, 0.05) is 18.1 Å². The number of Topliss-reactive ketones (excluding diaryl/α,β-unsaturated/α-hetero) is 1. The van der Waals surface area contributed by atoms with E-state index in [0.29, 0.717) is 17.9 Å². The fourth-order valence-corrected chi connectivity index (χ4v) is 2.67. The van der Waals surface area contributed by atoms with Crippen molar-refractivity contribution in [2.24, 2.45) is 0 Å². The second-order valence-corrected chi connectivity index (χ2v) is 6.54. The first-order chi connectivity index (χ1) is 11.4. The standard InChI is InChI=1S/C19H20BrNO3/c1-13-8-9-16(14(2)22)18(10-13)24-12-19(23)21(3)11-15-6-4-5-7-17(15)20/h4-10H,11-12H2,1-3H3. The SMILES string of the molecule is CC(=O)c1ccc(C)cc1OCC(=O)N(C)Cc1ccccc1Br. The van der Waals surface area contributed by atoms with E-state index in [1.165, 1.54) is 6.92 Å². The van der Waals surface area contributed by atoms with Crippen LogP contribution >= 0.6 is 15.9 Å². The number of aryl methyl sites for hydroxylation is 1. The molecule has 2 rings (SSSR count). The summed E-state index contributed by atoms with van der Waals surface area (Å²) in [6.45, 7) is 3.78. The van der Waals surface area contributed by atoms with E-state index in [1.807, 2.05) is 37.3 Å². The average molecular weight is 390 g/mol. The molecule has 0 spiro atoms. The number of rotatable bonds is 6. The summed E-state index contributed by atoms with van der Waals surface area (Å²) in [6.07, 6.45) is 0. The second-order valence-electron chi connectivity index (χ2n) is 5.69. The van der Waals surface area contributed by atoms with Crippen LogP contribution in [0.3, 0.4) is 0 Å². The van der Waals surface area contributed by atoms with Crippen LogP contribution in [0.1, 0.15) is 28.4 Å². The molecule has 24 heavy (non-hydrogen) atoms. The molecule has 4 nitrogen and oxygen atoms in total. The van der Waals surface area contributed by atoms with Gasteiger partial charge in [0.1, 0.15) is 5.75 Å². The summed E-state index contributed by atoms with van der Waals surface area (Å²) < 4.78 is 6.57. The Bertz CT molecular complexity index is 758. The molecule has 0 saturated heterocycles. The molecule has 0 saturated carbocycles. The highest BCUT2D eigenvalue weighted by Crippen LogP contribution is 2.21. The number of nitrogens with zero attached hydrogens (tertiary/aromatic N) is 1. The number of ether oxygens (including phenoxy) is 1. The molecule has 0 fully saturated rings. The van der Waals surface area contributed by atoms with Crippen LogP contribution in [0, 0.1) is 6.92 Å². The molecule has 1 amide bonds. The first kappa shape index (κ1) is 18.2. The van der Waals surface area contributed by atoms with Gasteiger partial charge in [0.2, 0.25) is 0 Å². The zero-order chi connectivity index (χ0) is 17.7. The van der Waals surface area contributed by atoms with Crippen molar-refractivity contribution in [3.05, 3.63) is 63.6 Å². The third kappa shape index (κ3) is 4.68. The summed E-state index contributed by atoms with van der Waals surface area (Å²) >= 11 is 3.48. The van der Waals surface area contributed by atoms with Crippen molar-refractivity contribution < 1.29 is 14.3 Å². The van der Waals surface area contributed by atoms with E-state index in [-0.39, 0.29) is 18.3 Å². The van der Waals surface area contributed by atoms with Gasteiger partial charge in [-0.05, 0) is 43.2 Å². The highest BCUT2D eigenvalue weighted by molar-refractivity contribution is 9.10.